The van der Waals surface area contributed by atoms with Crippen LogP contribution in [0.2, 0.25) is 0 Å². The van der Waals surface area contributed by atoms with Crippen molar-refractivity contribution in [2.45, 2.75) is 31.9 Å². The van der Waals surface area contributed by atoms with Crippen LogP contribution in [0.25, 0.3) is 0 Å². The van der Waals surface area contributed by atoms with E-state index in [9.17, 15) is 9.90 Å². The van der Waals surface area contributed by atoms with Gasteiger partial charge in [0.1, 0.15) is 0 Å². The molecule has 22 heavy (non-hydrogen) atoms. The highest BCUT2D eigenvalue weighted by Gasteiger charge is 2.35. The molecule has 2 aromatic heterocycles. The highest BCUT2D eigenvalue weighted by atomic mass is 16.3. The third kappa shape index (κ3) is 3.14. The Kier molecular flexibility index (Phi) is 4.15. The van der Waals surface area contributed by atoms with Crippen molar-refractivity contribution in [2.75, 3.05) is 13.1 Å². The Morgan fingerprint density at radius 1 is 1.41 bits per heavy atom. The second-order valence-electron chi connectivity index (χ2n) is 5.69. The second kappa shape index (κ2) is 6.23. The highest BCUT2D eigenvalue weighted by Crippen LogP contribution is 2.22. The molecule has 2 atom stereocenters. The molecule has 1 aliphatic rings. The van der Waals surface area contributed by atoms with E-state index in [0.717, 1.165) is 11.1 Å². The number of aliphatic hydroxyl groups excluding tert-OH is 1. The predicted octanol–water partition coefficient (Wildman–Crippen LogP) is 0.359. The monoisotopic (exact) mass is 301 g/mol. The molecule has 0 radical (unpaired) electrons. The number of rotatable bonds is 4. The number of aliphatic hydroxyl groups is 1. The molecule has 7 nitrogen and oxygen atoms in total. The molecule has 3 heterocycles. The van der Waals surface area contributed by atoms with Crippen LogP contribution >= 0.6 is 0 Å². The Hall–Kier alpha value is -2.28. The summed E-state index contributed by atoms with van der Waals surface area (Å²) in [6.07, 6.45) is 7.34. The van der Waals surface area contributed by atoms with Crippen LogP contribution in [0, 0.1) is 6.92 Å². The van der Waals surface area contributed by atoms with Gasteiger partial charge in [0.25, 0.3) is 0 Å². The van der Waals surface area contributed by atoms with Crippen molar-refractivity contribution in [3.8, 4) is 0 Å². The number of aryl methyl sites for hydroxylation is 2. The zero-order chi connectivity index (χ0) is 15.5. The first kappa shape index (κ1) is 14.6. The molecule has 0 spiro atoms. The fourth-order valence-electron chi connectivity index (χ4n) is 2.79. The van der Waals surface area contributed by atoms with Gasteiger partial charge in [0.05, 0.1) is 18.3 Å². The van der Waals surface area contributed by atoms with E-state index in [1.807, 2.05) is 13.0 Å². The summed E-state index contributed by atoms with van der Waals surface area (Å²) < 4.78 is 1.61. The molecule has 0 saturated carbocycles. The molecule has 0 unspecified atom stereocenters. The van der Waals surface area contributed by atoms with Gasteiger partial charge in [0.2, 0.25) is 5.91 Å². The summed E-state index contributed by atoms with van der Waals surface area (Å²) in [5.74, 6) is 0.0446. The lowest BCUT2D eigenvalue weighted by Gasteiger charge is -2.16. The minimum absolute atomic E-state index is 0.0446. The van der Waals surface area contributed by atoms with E-state index in [1.165, 1.54) is 0 Å². The van der Waals surface area contributed by atoms with Gasteiger partial charge in [-0.25, -0.2) is 4.68 Å². The van der Waals surface area contributed by atoms with Gasteiger partial charge in [-0.3, -0.25) is 9.78 Å². The number of amides is 1. The van der Waals surface area contributed by atoms with Gasteiger partial charge in [0.15, 0.2) is 0 Å². The zero-order valence-electron chi connectivity index (χ0n) is 12.5. The number of aromatic nitrogens is 4. The van der Waals surface area contributed by atoms with Gasteiger partial charge in [0, 0.05) is 38.1 Å². The Morgan fingerprint density at radius 2 is 2.27 bits per heavy atom. The van der Waals surface area contributed by atoms with Gasteiger partial charge < -0.3 is 10.0 Å². The van der Waals surface area contributed by atoms with Crippen molar-refractivity contribution in [1.29, 1.82) is 0 Å². The molecule has 3 rings (SSSR count). The number of pyridine rings is 1. The van der Waals surface area contributed by atoms with Gasteiger partial charge >= 0.3 is 0 Å². The maximum Gasteiger partial charge on any atom is 0.223 e. The number of carbonyl (C=O) groups excluding carboxylic acids is 1. The van der Waals surface area contributed by atoms with Crippen LogP contribution in [0.5, 0.6) is 0 Å². The van der Waals surface area contributed by atoms with E-state index < -0.39 is 6.10 Å². The normalized spacial score (nSPS) is 21.3. The van der Waals surface area contributed by atoms with Crippen LogP contribution in [0.15, 0.2) is 30.9 Å². The van der Waals surface area contributed by atoms with Gasteiger partial charge in [-0.1, -0.05) is 11.3 Å². The molecule has 7 heteroatoms. The topological polar surface area (TPSA) is 84.1 Å². The largest absolute Gasteiger partial charge is 0.389 e. The molecule has 2 aromatic rings. The van der Waals surface area contributed by atoms with Crippen molar-refractivity contribution < 1.29 is 9.90 Å². The van der Waals surface area contributed by atoms with Crippen LogP contribution in [-0.4, -0.2) is 55.1 Å². The summed E-state index contributed by atoms with van der Waals surface area (Å²) in [7, 11) is 0. The quantitative estimate of drug-likeness (QED) is 0.881. The summed E-state index contributed by atoms with van der Waals surface area (Å²) in [6, 6.07) is 1.82. The Balaban J connectivity index is 1.57. The first-order valence-corrected chi connectivity index (χ1v) is 7.35. The van der Waals surface area contributed by atoms with Crippen LogP contribution in [-0.2, 0) is 11.2 Å². The lowest BCUT2D eigenvalue weighted by atomic mass is 10.1. The van der Waals surface area contributed by atoms with Gasteiger partial charge in [-0.2, -0.15) is 0 Å². The van der Waals surface area contributed by atoms with Crippen molar-refractivity contribution in [2.24, 2.45) is 0 Å². The number of β-amino-alcohol motifs (C(OH)–C–C–N with tert-alkyl or cyclic N) is 1. The fraction of sp³-hybridized carbons (Fsp3) is 0.467. The molecule has 0 aliphatic carbocycles. The third-order valence-electron chi connectivity index (χ3n) is 3.95. The standard InChI is InChI=1S/C15H19N5O2/c1-11-6-12(8-16-7-11)2-3-15(22)19-9-13(14(21)10-19)20-5-4-17-18-20/h4-8,13-14,21H,2-3,9-10H2,1H3/t13-,14-/m1/s1. The number of carbonyl (C=O) groups is 1. The van der Waals surface area contributed by atoms with Gasteiger partial charge in [-0.15, -0.1) is 5.10 Å². The molecule has 1 saturated heterocycles. The van der Waals surface area contributed by atoms with E-state index in [0.29, 0.717) is 25.9 Å². The van der Waals surface area contributed by atoms with Crippen molar-refractivity contribution in [3.63, 3.8) is 0 Å². The SMILES string of the molecule is Cc1cncc(CCC(=O)N2C[C@@H](O)[C@H](n3ccnn3)C2)c1. The summed E-state index contributed by atoms with van der Waals surface area (Å²) in [5.41, 5.74) is 2.15. The smallest absolute Gasteiger partial charge is 0.223 e. The first-order chi connectivity index (χ1) is 10.6. The molecule has 1 amide bonds. The summed E-state index contributed by atoms with van der Waals surface area (Å²) in [6.45, 7) is 2.79. The second-order valence-corrected chi connectivity index (χ2v) is 5.69. The van der Waals surface area contributed by atoms with E-state index in [4.69, 9.17) is 0 Å². The first-order valence-electron chi connectivity index (χ1n) is 7.35. The van der Waals surface area contributed by atoms with E-state index in [2.05, 4.69) is 15.3 Å². The van der Waals surface area contributed by atoms with E-state index in [-0.39, 0.29) is 11.9 Å². The fourth-order valence-corrected chi connectivity index (χ4v) is 2.79. The lowest BCUT2D eigenvalue weighted by Crippen LogP contribution is -2.29. The highest BCUT2D eigenvalue weighted by molar-refractivity contribution is 5.76. The van der Waals surface area contributed by atoms with Crippen molar-refractivity contribution >= 4 is 5.91 Å². The van der Waals surface area contributed by atoms with Crippen molar-refractivity contribution in [3.05, 3.63) is 42.0 Å². The maximum atomic E-state index is 12.3. The zero-order valence-corrected chi connectivity index (χ0v) is 12.5. The predicted molar refractivity (Wildman–Crippen MR) is 78.9 cm³/mol. The molecular weight excluding hydrogens is 282 g/mol. The van der Waals surface area contributed by atoms with Crippen LogP contribution in [0.1, 0.15) is 23.6 Å². The summed E-state index contributed by atoms with van der Waals surface area (Å²) in [4.78, 5) is 18.1. The summed E-state index contributed by atoms with van der Waals surface area (Å²) in [5, 5.41) is 17.8. The molecule has 1 N–H and O–H groups in total. The average molecular weight is 301 g/mol. The molecule has 0 aromatic carbocycles. The van der Waals surface area contributed by atoms with Crippen molar-refractivity contribution in [1.82, 2.24) is 24.9 Å². The van der Waals surface area contributed by atoms with Crippen LogP contribution < -0.4 is 0 Å². The van der Waals surface area contributed by atoms with Crippen LogP contribution in [0.3, 0.4) is 0 Å². The van der Waals surface area contributed by atoms with Gasteiger partial charge in [-0.05, 0) is 24.5 Å². The Morgan fingerprint density at radius 3 is 3.00 bits per heavy atom. The minimum Gasteiger partial charge on any atom is -0.389 e. The number of hydrogen-bond donors (Lipinski definition) is 1. The Labute approximate surface area is 128 Å². The average Bonchev–Trinajstić information content (AvgIpc) is 3.14. The number of nitrogens with zero attached hydrogens (tertiary/aromatic N) is 5. The molecule has 116 valence electrons. The Bertz CT molecular complexity index is 643. The van der Waals surface area contributed by atoms with E-state index in [1.54, 1.807) is 34.4 Å². The molecule has 0 bridgehead atoms. The molecule has 1 aliphatic heterocycles. The summed E-state index contributed by atoms with van der Waals surface area (Å²) >= 11 is 0. The minimum atomic E-state index is -0.605. The van der Waals surface area contributed by atoms with E-state index >= 15 is 0 Å². The number of likely N-dealkylation sites (tertiary alicyclic amines) is 1. The molecular formula is C15H19N5O2. The molecule has 1 fully saturated rings. The number of hydrogen-bond acceptors (Lipinski definition) is 5. The third-order valence-corrected chi connectivity index (χ3v) is 3.95. The lowest BCUT2D eigenvalue weighted by molar-refractivity contribution is -0.130. The van der Waals surface area contributed by atoms with Crippen LogP contribution in [0.4, 0.5) is 0 Å². The maximum absolute atomic E-state index is 12.3.